The number of methoxy groups -OCH3 is 2. The van der Waals surface area contributed by atoms with E-state index in [4.69, 9.17) is 19.4 Å². The van der Waals surface area contributed by atoms with Gasteiger partial charge in [0.05, 0.1) is 44.3 Å². The van der Waals surface area contributed by atoms with E-state index in [1.54, 1.807) is 39.0 Å². The molecule has 0 radical (unpaired) electrons. The van der Waals surface area contributed by atoms with Crippen LogP contribution in [0.2, 0.25) is 0 Å². The second-order valence-corrected chi connectivity index (χ2v) is 7.76. The van der Waals surface area contributed by atoms with Crippen molar-refractivity contribution in [1.29, 1.82) is 0 Å². The van der Waals surface area contributed by atoms with Crippen molar-refractivity contribution >= 4 is 28.4 Å². The molecule has 0 amide bonds. The number of aryl methyl sites for hydroxylation is 1. The molecule has 10 nitrogen and oxygen atoms in total. The number of benzene rings is 1. The summed E-state index contributed by atoms with van der Waals surface area (Å²) in [6.07, 6.45) is 5.09. The van der Waals surface area contributed by atoms with Gasteiger partial charge in [0, 0.05) is 18.2 Å². The van der Waals surface area contributed by atoms with Crippen LogP contribution in [0.1, 0.15) is 11.4 Å². The molecule has 4 heterocycles. The lowest BCUT2D eigenvalue weighted by Crippen LogP contribution is -2.04. The number of hydrogen-bond acceptors (Lipinski definition) is 9. The van der Waals surface area contributed by atoms with Crippen LogP contribution < -0.4 is 20.1 Å². The maximum absolute atomic E-state index is 5.24. The topological polar surface area (TPSA) is 123 Å². The van der Waals surface area contributed by atoms with Crippen LogP contribution in [0.5, 0.6) is 11.6 Å². The number of nitrogens with zero attached hydrogens (tertiary/aromatic N) is 5. The number of ether oxygens (including phenoxy) is 2. The number of H-pyrrole nitrogens is 1. The van der Waals surface area contributed by atoms with Gasteiger partial charge in [0.2, 0.25) is 5.88 Å². The average Bonchev–Trinajstić information content (AvgIpc) is 3.37. The minimum absolute atomic E-state index is 0.535. The summed E-state index contributed by atoms with van der Waals surface area (Å²) in [5.74, 6) is 2.60. The summed E-state index contributed by atoms with van der Waals surface area (Å²) in [5.41, 5.74) is 5.56. The minimum atomic E-state index is 0.535. The smallest absolute Gasteiger partial charge is 0.213 e. The molecule has 3 N–H and O–H groups in total. The van der Waals surface area contributed by atoms with Gasteiger partial charge in [-0.15, -0.1) is 0 Å². The van der Waals surface area contributed by atoms with Crippen molar-refractivity contribution in [3.05, 3.63) is 72.6 Å². The number of pyridine rings is 2. The van der Waals surface area contributed by atoms with Crippen molar-refractivity contribution in [1.82, 2.24) is 29.9 Å². The van der Waals surface area contributed by atoms with E-state index in [0.717, 1.165) is 33.8 Å². The zero-order valence-corrected chi connectivity index (χ0v) is 19.5. The van der Waals surface area contributed by atoms with Crippen LogP contribution in [0.25, 0.3) is 22.4 Å². The van der Waals surface area contributed by atoms with Gasteiger partial charge in [0.15, 0.2) is 5.65 Å². The summed E-state index contributed by atoms with van der Waals surface area (Å²) < 4.78 is 10.4. The van der Waals surface area contributed by atoms with Crippen LogP contribution in [-0.4, -0.2) is 44.1 Å². The molecule has 0 atom stereocenters. The van der Waals surface area contributed by atoms with Gasteiger partial charge in [-0.1, -0.05) is 12.1 Å². The van der Waals surface area contributed by atoms with E-state index in [0.29, 0.717) is 35.4 Å². The van der Waals surface area contributed by atoms with E-state index in [-0.39, 0.29) is 0 Å². The van der Waals surface area contributed by atoms with Crippen LogP contribution in [0, 0.1) is 6.92 Å². The summed E-state index contributed by atoms with van der Waals surface area (Å²) in [7, 11) is 3.24. The van der Waals surface area contributed by atoms with E-state index in [9.17, 15) is 0 Å². The van der Waals surface area contributed by atoms with Gasteiger partial charge in [-0.2, -0.15) is 0 Å². The predicted octanol–water partition coefficient (Wildman–Crippen LogP) is 4.49. The van der Waals surface area contributed by atoms with Crippen molar-refractivity contribution in [2.45, 2.75) is 13.5 Å². The zero-order chi connectivity index (χ0) is 24.2. The quantitative estimate of drug-likeness (QED) is 0.302. The highest BCUT2D eigenvalue weighted by molar-refractivity contribution is 5.92. The SMILES string of the molecule is COc1ccc(CNc2cnc(Nc3ccc(OC)nc3)c(-c3nc(C)nc4nc[nH]c34)c2)cc1. The summed E-state index contributed by atoms with van der Waals surface area (Å²) in [6, 6.07) is 13.6. The van der Waals surface area contributed by atoms with Crippen LogP contribution in [0.15, 0.2) is 61.2 Å². The van der Waals surface area contributed by atoms with E-state index in [2.05, 4.69) is 30.6 Å². The Balaban J connectivity index is 1.51. The van der Waals surface area contributed by atoms with E-state index >= 15 is 0 Å². The first-order valence-electron chi connectivity index (χ1n) is 10.9. The molecular formula is C25H24N8O2. The number of imidazole rings is 1. The van der Waals surface area contributed by atoms with Crippen LogP contribution in [-0.2, 0) is 6.54 Å². The molecule has 35 heavy (non-hydrogen) atoms. The monoisotopic (exact) mass is 468 g/mol. The lowest BCUT2D eigenvalue weighted by molar-refractivity contribution is 0.398. The molecule has 0 saturated heterocycles. The Morgan fingerprint density at radius 3 is 2.46 bits per heavy atom. The first-order chi connectivity index (χ1) is 17.1. The molecule has 10 heteroatoms. The van der Waals surface area contributed by atoms with Crippen LogP contribution in [0.4, 0.5) is 17.2 Å². The molecule has 0 spiro atoms. The highest BCUT2D eigenvalue weighted by atomic mass is 16.5. The lowest BCUT2D eigenvalue weighted by atomic mass is 10.1. The number of aromatic amines is 1. The Morgan fingerprint density at radius 2 is 1.71 bits per heavy atom. The Bertz CT molecular complexity index is 1450. The third-order valence-corrected chi connectivity index (χ3v) is 5.40. The van der Waals surface area contributed by atoms with Crippen molar-refractivity contribution in [2.24, 2.45) is 0 Å². The number of nitrogens with one attached hydrogen (secondary N) is 3. The van der Waals surface area contributed by atoms with Crippen molar-refractivity contribution in [2.75, 3.05) is 24.9 Å². The molecule has 0 aliphatic rings. The van der Waals surface area contributed by atoms with Gasteiger partial charge >= 0.3 is 0 Å². The Kier molecular flexibility index (Phi) is 6.08. The fourth-order valence-electron chi connectivity index (χ4n) is 3.64. The average molecular weight is 469 g/mol. The Labute approximate surface area is 201 Å². The molecule has 0 bridgehead atoms. The van der Waals surface area contributed by atoms with Gasteiger partial charge in [-0.3, -0.25) is 0 Å². The molecular weight excluding hydrogens is 444 g/mol. The molecule has 5 rings (SSSR count). The maximum atomic E-state index is 5.24. The van der Waals surface area contributed by atoms with Gasteiger partial charge < -0.3 is 25.1 Å². The number of fused-ring (bicyclic) bond motifs is 1. The number of aromatic nitrogens is 6. The summed E-state index contributed by atoms with van der Waals surface area (Å²) in [6.45, 7) is 2.47. The molecule has 0 unspecified atom stereocenters. The second-order valence-electron chi connectivity index (χ2n) is 7.76. The fourth-order valence-corrected chi connectivity index (χ4v) is 3.64. The maximum Gasteiger partial charge on any atom is 0.213 e. The van der Waals surface area contributed by atoms with Crippen molar-refractivity contribution < 1.29 is 9.47 Å². The largest absolute Gasteiger partial charge is 0.497 e. The molecule has 5 aromatic rings. The normalized spacial score (nSPS) is 10.8. The van der Waals surface area contributed by atoms with Gasteiger partial charge in [-0.25, -0.2) is 24.9 Å². The van der Waals surface area contributed by atoms with E-state index in [1.165, 1.54) is 0 Å². The highest BCUT2D eigenvalue weighted by Crippen LogP contribution is 2.33. The van der Waals surface area contributed by atoms with Crippen LogP contribution in [0.3, 0.4) is 0 Å². The highest BCUT2D eigenvalue weighted by Gasteiger charge is 2.16. The molecule has 0 aliphatic carbocycles. The molecule has 0 fully saturated rings. The lowest BCUT2D eigenvalue weighted by Gasteiger charge is -2.14. The summed E-state index contributed by atoms with van der Waals surface area (Å²) in [4.78, 5) is 25.6. The van der Waals surface area contributed by atoms with Gasteiger partial charge in [-0.05, 0) is 36.8 Å². The van der Waals surface area contributed by atoms with Crippen molar-refractivity contribution in [3.8, 4) is 22.9 Å². The minimum Gasteiger partial charge on any atom is -0.497 e. The molecule has 0 aliphatic heterocycles. The number of rotatable bonds is 8. The van der Waals surface area contributed by atoms with E-state index in [1.807, 2.05) is 43.3 Å². The summed E-state index contributed by atoms with van der Waals surface area (Å²) in [5, 5.41) is 6.79. The van der Waals surface area contributed by atoms with Crippen molar-refractivity contribution in [3.63, 3.8) is 0 Å². The second kappa shape index (κ2) is 9.64. The zero-order valence-electron chi connectivity index (χ0n) is 19.5. The standard InChI is InChI=1S/C25H24N8O2/c1-15-31-22(23-25(32-15)30-14-29-23)20-10-18(26-11-16-4-7-19(34-2)8-5-16)13-28-24(20)33-17-6-9-21(35-3)27-12-17/h4-10,12-14,26H,11H2,1-3H3,(H,28,33)(H,29,30,31,32). The fraction of sp³-hybridized carbons (Fsp3) is 0.160. The van der Waals surface area contributed by atoms with Crippen LogP contribution >= 0.6 is 0 Å². The van der Waals surface area contributed by atoms with E-state index < -0.39 is 0 Å². The molecule has 4 aromatic heterocycles. The molecule has 176 valence electrons. The number of anilines is 3. The number of hydrogen-bond donors (Lipinski definition) is 3. The third-order valence-electron chi connectivity index (χ3n) is 5.40. The Morgan fingerprint density at radius 1 is 0.886 bits per heavy atom. The Hall–Kier alpha value is -4.73. The third kappa shape index (κ3) is 4.81. The first-order valence-corrected chi connectivity index (χ1v) is 10.9. The predicted molar refractivity (Wildman–Crippen MR) is 134 cm³/mol. The molecule has 0 saturated carbocycles. The first kappa shape index (κ1) is 22.1. The molecule has 1 aromatic carbocycles. The summed E-state index contributed by atoms with van der Waals surface area (Å²) >= 11 is 0. The van der Waals surface area contributed by atoms with Gasteiger partial charge in [0.1, 0.15) is 28.6 Å². The van der Waals surface area contributed by atoms with Gasteiger partial charge in [0.25, 0.3) is 0 Å².